The van der Waals surface area contributed by atoms with E-state index in [0.717, 1.165) is 22.0 Å². The fourth-order valence-corrected chi connectivity index (χ4v) is 2.87. The molecule has 3 rings (SSSR count). The van der Waals surface area contributed by atoms with Gasteiger partial charge in [0.2, 0.25) is 0 Å². The zero-order chi connectivity index (χ0) is 16.2. The highest BCUT2D eigenvalue weighted by Gasteiger charge is 2.19. The van der Waals surface area contributed by atoms with Crippen molar-refractivity contribution in [3.63, 3.8) is 0 Å². The third-order valence-corrected chi connectivity index (χ3v) is 4.06. The minimum absolute atomic E-state index is 0.319. The molecule has 0 aliphatic rings. The molecule has 1 atom stereocenters. The third-order valence-electron chi connectivity index (χ3n) is 3.80. The van der Waals surface area contributed by atoms with Crippen LogP contribution in [0, 0.1) is 0 Å². The zero-order valence-electron chi connectivity index (χ0n) is 12.3. The minimum atomic E-state index is -0.968. The van der Waals surface area contributed by atoms with Crippen LogP contribution in [0.1, 0.15) is 11.1 Å². The lowest BCUT2D eigenvalue weighted by atomic mass is 10.1. The molecule has 0 aliphatic heterocycles. The standard InChI is InChI=1S/C17H16ClN3O2/c18-20-15(17(22)23)8-13-11-21(10-12-4-3-7-19-9-12)16-6-2-1-5-14(13)16/h1-7,9,11,15,20H,8,10H2,(H,22,23)/t15-/m0/s1. The molecule has 0 fully saturated rings. The van der Waals surface area contributed by atoms with Gasteiger partial charge in [-0.05, 0) is 35.0 Å². The van der Waals surface area contributed by atoms with Gasteiger partial charge >= 0.3 is 5.97 Å². The third kappa shape index (κ3) is 3.36. The number of para-hydroxylation sites is 1. The van der Waals surface area contributed by atoms with Crippen molar-refractivity contribution in [1.29, 1.82) is 0 Å². The molecule has 0 saturated heterocycles. The second-order valence-corrected chi connectivity index (χ2v) is 5.58. The number of nitrogens with zero attached hydrogens (tertiary/aromatic N) is 2. The monoisotopic (exact) mass is 329 g/mol. The molecule has 0 saturated carbocycles. The summed E-state index contributed by atoms with van der Waals surface area (Å²) >= 11 is 5.55. The molecule has 118 valence electrons. The zero-order valence-corrected chi connectivity index (χ0v) is 13.1. The highest BCUT2D eigenvalue weighted by molar-refractivity contribution is 6.14. The summed E-state index contributed by atoms with van der Waals surface area (Å²) in [5.41, 5.74) is 3.10. The number of hydrogen-bond acceptors (Lipinski definition) is 3. The summed E-state index contributed by atoms with van der Waals surface area (Å²) in [5, 5.41) is 10.2. The van der Waals surface area contributed by atoms with Crippen LogP contribution >= 0.6 is 11.8 Å². The Bertz CT molecular complexity index is 817. The van der Waals surface area contributed by atoms with E-state index < -0.39 is 12.0 Å². The number of pyridine rings is 1. The average molecular weight is 330 g/mol. The molecule has 2 aromatic heterocycles. The highest BCUT2D eigenvalue weighted by Crippen LogP contribution is 2.23. The van der Waals surface area contributed by atoms with Gasteiger partial charge in [0.15, 0.2) is 0 Å². The van der Waals surface area contributed by atoms with Gasteiger partial charge in [0.1, 0.15) is 6.04 Å². The summed E-state index contributed by atoms with van der Waals surface area (Å²) in [6.45, 7) is 0.681. The number of halogens is 1. The molecule has 0 aliphatic carbocycles. The van der Waals surface area contributed by atoms with E-state index in [1.165, 1.54) is 0 Å². The van der Waals surface area contributed by atoms with Crippen molar-refractivity contribution in [3.8, 4) is 0 Å². The Morgan fingerprint density at radius 1 is 1.30 bits per heavy atom. The Hall–Kier alpha value is -2.37. The van der Waals surface area contributed by atoms with Gasteiger partial charge in [0.25, 0.3) is 0 Å². The maximum absolute atomic E-state index is 11.2. The highest BCUT2D eigenvalue weighted by atomic mass is 35.5. The largest absolute Gasteiger partial charge is 0.480 e. The van der Waals surface area contributed by atoms with Crippen LogP contribution in [0.4, 0.5) is 0 Å². The van der Waals surface area contributed by atoms with E-state index >= 15 is 0 Å². The number of hydrogen-bond donors (Lipinski definition) is 2. The van der Waals surface area contributed by atoms with E-state index in [1.807, 2.05) is 48.8 Å². The summed E-state index contributed by atoms with van der Waals surface area (Å²) < 4.78 is 2.11. The lowest BCUT2D eigenvalue weighted by Crippen LogP contribution is -2.32. The molecule has 0 bridgehead atoms. The molecule has 0 unspecified atom stereocenters. The van der Waals surface area contributed by atoms with Crippen molar-refractivity contribution < 1.29 is 9.90 Å². The van der Waals surface area contributed by atoms with Crippen LogP contribution in [0.2, 0.25) is 0 Å². The molecule has 2 heterocycles. The predicted octanol–water partition coefficient (Wildman–Crippen LogP) is 2.82. The number of benzene rings is 1. The Morgan fingerprint density at radius 2 is 2.13 bits per heavy atom. The number of aromatic nitrogens is 2. The smallest absolute Gasteiger partial charge is 0.322 e. The van der Waals surface area contributed by atoms with E-state index in [2.05, 4.69) is 14.4 Å². The van der Waals surface area contributed by atoms with Crippen molar-refractivity contribution in [2.45, 2.75) is 19.0 Å². The molecule has 0 spiro atoms. The van der Waals surface area contributed by atoms with Crippen molar-refractivity contribution >= 4 is 28.6 Å². The molecule has 23 heavy (non-hydrogen) atoms. The van der Waals surface area contributed by atoms with Gasteiger partial charge in [-0.1, -0.05) is 24.3 Å². The first kappa shape index (κ1) is 15.5. The first-order valence-corrected chi connectivity index (χ1v) is 7.61. The molecular formula is C17H16ClN3O2. The number of carboxylic acid groups (broad SMARTS) is 1. The summed E-state index contributed by atoms with van der Waals surface area (Å²) in [7, 11) is 0. The second kappa shape index (κ2) is 6.81. The maximum atomic E-state index is 11.2. The van der Waals surface area contributed by atoms with Crippen LogP contribution in [-0.4, -0.2) is 26.7 Å². The first-order valence-electron chi connectivity index (χ1n) is 7.23. The van der Waals surface area contributed by atoms with Crippen LogP contribution in [0.25, 0.3) is 10.9 Å². The normalized spacial score (nSPS) is 12.4. The molecule has 3 aromatic rings. The van der Waals surface area contributed by atoms with Crippen LogP contribution < -0.4 is 4.84 Å². The SMILES string of the molecule is O=C(O)[C@H](Cc1cn(Cc2cccnc2)c2ccccc12)NCl. The van der Waals surface area contributed by atoms with Gasteiger partial charge in [0, 0.05) is 42.5 Å². The van der Waals surface area contributed by atoms with E-state index in [1.54, 1.807) is 6.20 Å². The van der Waals surface area contributed by atoms with Gasteiger partial charge in [-0.3, -0.25) is 9.78 Å². The van der Waals surface area contributed by atoms with Gasteiger partial charge < -0.3 is 9.67 Å². The predicted molar refractivity (Wildman–Crippen MR) is 89.4 cm³/mol. The minimum Gasteiger partial charge on any atom is -0.480 e. The van der Waals surface area contributed by atoms with Crippen LogP contribution in [0.5, 0.6) is 0 Å². The fourth-order valence-electron chi connectivity index (χ4n) is 2.70. The summed E-state index contributed by atoms with van der Waals surface area (Å²) in [5.74, 6) is -0.968. The molecule has 0 radical (unpaired) electrons. The number of carbonyl (C=O) groups is 1. The Morgan fingerprint density at radius 3 is 2.83 bits per heavy atom. The van der Waals surface area contributed by atoms with Crippen LogP contribution in [-0.2, 0) is 17.8 Å². The van der Waals surface area contributed by atoms with Gasteiger partial charge in [-0.2, -0.15) is 0 Å². The maximum Gasteiger partial charge on any atom is 0.322 e. The van der Waals surface area contributed by atoms with Crippen molar-refractivity contribution in [2.24, 2.45) is 0 Å². The first-order chi connectivity index (χ1) is 11.2. The number of rotatable bonds is 6. The van der Waals surface area contributed by atoms with Gasteiger partial charge in [-0.15, -0.1) is 0 Å². The lowest BCUT2D eigenvalue weighted by Gasteiger charge is -2.08. The van der Waals surface area contributed by atoms with Crippen molar-refractivity contribution in [1.82, 2.24) is 14.4 Å². The molecule has 5 nitrogen and oxygen atoms in total. The number of carboxylic acids is 1. The molecule has 6 heteroatoms. The number of fused-ring (bicyclic) bond motifs is 1. The Balaban J connectivity index is 1.98. The van der Waals surface area contributed by atoms with E-state index in [9.17, 15) is 9.90 Å². The van der Waals surface area contributed by atoms with Crippen molar-refractivity contribution in [3.05, 3.63) is 66.1 Å². The van der Waals surface area contributed by atoms with E-state index in [-0.39, 0.29) is 0 Å². The van der Waals surface area contributed by atoms with Crippen molar-refractivity contribution in [2.75, 3.05) is 0 Å². The molecule has 0 amide bonds. The fraction of sp³-hybridized carbons (Fsp3) is 0.176. The second-order valence-electron chi connectivity index (χ2n) is 5.36. The van der Waals surface area contributed by atoms with Gasteiger partial charge in [0.05, 0.1) is 0 Å². The molecular weight excluding hydrogens is 314 g/mol. The Labute approximate surface area is 138 Å². The lowest BCUT2D eigenvalue weighted by molar-refractivity contribution is -0.138. The summed E-state index contributed by atoms with van der Waals surface area (Å²) in [4.78, 5) is 17.7. The topological polar surface area (TPSA) is 67.1 Å². The number of nitrogens with one attached hydrogen (secondary N) is 1. The summed E-state index contributed by atoms with van der Waals surface area (Å²) in [6, 6.07) is 11.0. The average Bonchev–Trinajstić information content (AvgIpc) is 2.91. The van der Waals surface area contributed by atoms with E-state index in [4.69, 9.17) is 11.8 Å². The molecule has 1 aromatic carbocycles. The Kier molecular flexibility index (Phi) is 4.60. The number of aliphatic carboxylic acids is 1. The van der Waals surface area contributed by atoms with Crippen LogP contribution in [0.15, 0.2) is 55.0 Å². The van der Waals surface area contributed by atoms with Crippen LogP contribution in [0.3, 0.4) is 0 Å². The summed E-state index contributed by atoms with van der Waals surface area (Å²) in [6.07, 6.45) is 5.88. The van der Waals surface area contributed by atoms with E-state index in [0.29, 0.717) is 13.0 Å². The quantitative estimate of drug-likeness (QED) is 0.682. The van der Waals surface area contributed by atoms with Gasteiger partial charge in [-0.25, -0.2) is 4.84 Å². The molecule has 2 N–H and O–H groups in total.